The Morgan fingerprint density at radius 3 is 1.08 bits per heavy atom. The van der Waals surface area contributed by atoms with Gasteiger partial charge in [0.05, 0.1) is 44.7 Å². The summed E-state index contributed by atoms with van der Waals surface area (Å²) in [5, 5.41) is 27.8. The molecule has 0 saturated carbocycles. The molecule has 6 N–H and O–H groups in total. The molecule has 2 aromatic rings. The Balaban J connectivity index is 0.000000188. The van der Waals surface area contributed by atoms with E-state index in [1.165, 1.54) is 55.6 Å². The normalized spacial score (nSPS) is 35.3. The summed E-state index contributed by atoms with van der Waals surface area (Å²) in [7, 11) is 0. The first-order valence-electron chi connectivity index (χ1n) is 31.1. The van der Waals surface area contributed by atoms with Gasteiger partial charge < -0.3 is 44.7 Å². The van der Waals surface area contributed by atoms with Crippen LogP contribution in [0, 0.1) is 29.6 Å². The largest absolute Gasteiger partial charge is 0.393 e. The molecule has 8 aliphatic rings. The van der Waals surface area contributed by atoms with E-state index in [-0.39, 0.29) is 48.3 Å². The van der Waals surface area contributed by atoms with E-state index in [2.05, 4.69) is 4.98 Å². The number of aliphatic hydroxyl groups is 3. The number of nitrogens with two attached hydrogens (primary N) is 1. The molecule has 33 heteroatoms. The minimum absolute atomic E-state index is 0.0509. The van der Waals surface area contributed by atoms with Crippen molar-refractivity contribution in [1.29, 1.82) is 0 Å². The zero-order chi connectivity index (χ0) is 71.0. The van der Waals surface area contributed by atoms with Crippen LogP contribution in [0.3, 0.4) is 0 Å². The number of alkyl halides is 8. The predicted octanol–water partition coefficient (Wildman–Crippen LogP) is 4.48. The Bertz CT molecular complexity index is 3150. The predicted molar refractivity (Wildman–Crippen MR) is 320 cm³/mol. The first-order valence-corrected chi connectivity index (χ1v) is 31.1. The van der Waals surface area contributed by atoms with Crippen molar-refractivity contribution in [2.45, 2.75) is 197 Å². The number of carbonyl (C=O) groups excluding carboxylic acids is 6. The SMILES string of the molecule is CCC1(CC)O[C@@H](N2C=CC(=O)CC2=O)[C@@H](F)[C@@H]1C.CC[C@@]1(CF)O[C@@H](N2C=CC(=O)CC2=O)[C@@H](F)[C@@H]1C.CC[C@@]1(CF)O[C@@H](n2ccc(N)nc2=O)[C@@H](F)[C@@H]1C.C[C@H]1[C@H](F)[C@H](N2C=CC(=O)CC2=O)O[C@@]1(CO)CF.C[C@H]1[C@H](F)[C@H](n2ccc(=O)[nH]c2=O)OC1(CO)CO. The Labute approximate surface area is 541 Å². The van der Waals surface area contributed by atoms with Gasteiger partial charge in [0.1, 0.15) is 48.2 Å². The standard InChI is InChI=1S/C14H20FNO3.C13H17F2NO3.C12H17F2N3O2.C12H15F2NO4.C11H15FN2O5/c1-4-14(5-2)9(3)12(15)13(19-14)16-7-6-10(17)8-11(16)18;1-3-13(7-14)8(2)11(15)12(19-13)16-5-4-9(17)6-10(16)18;1-3-12(6-13)7(2)9(14)10(19-12)17-5-4-8(15)16-11(17)18;1-7-10(14)11(19-12(7,5-13)6-16)15-3-2-8(17)4-9(15)18;1-6-8(12)9(19-11(6,4-15)5-16)14-3-2-7(17)13-10(14)18/h6-7,9,12-13H,4-5,8H2,1-3H3;4-5,8,11-12H,3,6-7H2,1-2H3;4-5,7,9-10H,3,6H2,1-2H3,(H2,15,16,18);2-3,7,10-11,16H,4-6H2,1H3;2-3,6,8-9,15-16H,4-5H2,1H3,(H,13,17,18)/t9-,12-,13+;8-,11-,12+,13-;7-,9-,10+,12-;7-,10-,11+,12+;6-,8-,9+/m00000/s1. The van der Waals surface area contributed by atoms with Crippen LogP contribution >= 0.6 is 0 Å². The molecule has 0 aliphatic carbocycles. The van der Waals surface area contributed by atoms with Crippen molar-refractivity contribution in [2.24, 2.45) is 29.6 Å². The van der Waals surface area contributed by atoms with Crippen molar-refractivity contribution < 1.29 is 103 Å². The number of halogens is 8. The van der Waals surface area contributed by atoms with Gasteiger partial charge in [0.15, 0.2) is 79.3 Å². The molecule has 0 spiro atoms. The maximum Gasteiger partial charge on any atom is 0.351 e. The maximum atomic E-state index is 14.5. The second kappa shape index (κ2) is 31.5. The molecule has 5 saturated heterocycles. The number of hydrogen-bond acceptors (Lipinski definition) is 19. The first kappa shape index (κ1) is 77.1. The summed E-state index contributed by atoms with van der Waals surface area (Å²) in [5.74, 6) is -5.66. The van der Waals surface area contributed by atoms with Crippen molar-refractivity contribution in [3.8, 4) is 0 Å². The lowest BCUT2D eigenvalue weighted by atomic mass is 9.83. The maximum absolute atomic E-state index is 14.5. The third kappa shape index (κ3) is 15.3. The summed E-state index contributed by atoms with van der Waals surface area (Å²) in [6, 6.07) is 2.45. The average molecular weight is 1370 g/mol. The molecule has 8 aliphatic heterocycles. The number of hydrogen-bond donors (Lipinski definition) is 5. The van der Waals surface area contributed by atoms with Crippen molar-refractivity contribution in [3.05, 3.63) is 92.7 Å². The summed E-state index contributed by atoms with van der Waals surface area (Å²) in [6.45, 7) is 10.8. The fraction of sp³-hybridized carbons (Fsp3) is 0.677. The van der Waals surface area contributed by atoms with Crippen LogP contribution in [0.5, 0.6) is 0 Å². The van der Waals surface area contributed by atoms with Gasteiger partial charge in [0.25, 0.3) is 5.56 Å². The van der Waals surface area contributed by atoms with Gasteiger partial charge in [-0.05, 0) is 50.0 Å². The Kier molecular flexibility index (Phi) is 25.6. The van der Waals surface area contributed by atoms with Crippen LogP contribution in [-0.4, -0.2) is 202 Å². The van der Waals surface area contributed by atoms with E-state index in [1.807, 2.05) is 25.8 Å². The summed E-state index contributed by atoms with van der Waals surface area (Å²) in [6.07, 6.45) is -2.22. The number of carbonyl (C=O) groups is 6. The molecule has 18 atom stereocenters. The summed E-state index contributed by atoms with van der Waals surface area (Å²) >= 11 is 0. The van der Waals surface area contributed by atoms with Crippen LogP contribution in [0.1, 0.15) is 120 Å². The number of ketones is 3. The van der Waals surface area contributed by atoms with E-state index in [9.17, 15) is 93.6 Å². The number of nitrogens with zero attached hydrogens (tertiary/aromatic N) is 6. The molecular formula is C62H84F8N8O17. The number of rotatable bonds is 15. The molecule has 25 nitrogen and oxygen atoms in total. The number of H-pyrrole nitrogens is 1. The highest BCUT2D eigenvalue weighted by atomic mass is 19.2. The number of aromatic amines is 1. The summed E-state index contributed by atoms with van der Waals surface area (Å²) in [4.78, 5) is 112. The smallest absolute Gasteiger partial charge is 0.351 e. The van der Waals surface area contributed by atoms with E-state index >= 15 is 0 Å². The lowest BCUT2D eigenvalue weighted by Crippen LogP contribution is -2.45. The van der Waals surface area contributed by atoms with Crippen LogP contribution in [0.4, 0.5) is 40.9 Å². The quantitative estimate of drug-likeness (QED) is 0.121. The summed E-state index contributed by atoms with van der Waals surface area (Å²) < 4.78 is 140. The monoisotopic (exact) mass is 1360 g/mol. The van der Waals surface area contributed by atoms with Crippen LogP contribution in [0.15, 0.2) is 75.7 Å². The fourth-order valence-corrected chi connectivity index (χ4v) is 12.5. The van der Waals surface area contributed by atoms with E-state index in [4.69, 9.17) is 29.4 Å². The average Bonchev–Trinajstić information content (AvgIpc) is 1.66. The van der Waals surface area contributed by atoms with Gasteiger partial charge in [-0.3, -0.25) is 62.4 Å². The Morgan fingerprint density at radius 2 is 0.779 bits per heavy atom. The van der Waals surface area contributed by atoms with Gasteiger partial charge >= 0.3 is 11.4 Å². The molecular weight excluding hydrogens is 1280 g/mol. The highest BCUT2D eigenvalue weighted by Crippen LogP contribution is 2.48. The van der Waals surface area contributed by atoms with E-state index in [0.717, 1.165) is 43.5 Å². The molecule has 0 aromatic carbocycles. The third-order valence-electron chi connectivity index (χ3n) is 19.7. The number of amides is 3. The van der Waals surface area contributed by atoms with Gasteiger partial charge in [-0.25, -0.2) is 44.7 Å². The molecule has 95 heavy (non-hydrogen) atoms. The number of anilines is 1. The molecule has 0 unspecified atom stereocenters. The fourth-order valence-electron chi connectivity index (χ4n) is 12.5. The van der Waals surface area contributed by atoms with E-state index in [1.54, 1.807) is 27.7 Å². The van der Waals surface area contributed by atoms with Gasteiger partial charge in [0.2, 0.25) is 17.7 Å². The number of aromatic nitrogens is 4. The lowest BCUT2D eigenvalue weighted by molar-refractivity contribution is -0.160. The van der Waals surface area contributed by atoms with Crippen LogP contribution in [0.2, 0.25) is 0 Å². The highest BCUT2D eigenvalue weighted by Gasteiger charge is 2.59. The van der Waals surface area contributed by atoms with Crippen LogP contribution < -0.4 is 22.7 Å². The van der Waals surface area contributed by atoms with E-state index in [0.29, 0.717) is 25.7 Å². The topological polar surface area (TPSA) is 335 Å². The molecule has 2 aromatic heterocycles. The van der Waals surface area contributed by atoms with Gasteiger partial charge in [-0.15, -0.1) is 0 Å². The third-order valence-corrected chi connectivity index (χ3v) is 19.7. The Hall–Kier alpha value is -6.88. The van der Waals surface area contributed by atoms with Crippen molar-refractivity contribution in [1.82, 2.24) is 33.8 Å². The van der Waals surface area contributed by atoms with Gasteiger partial charge in [-0.2, -0.15) is 4.98 Å². The first-order chi connectivity index (χ1) is 44.7. The molecule has 0 bridgehead atoms. The second-order valence-electron chi connectivity index (χ2n) is 24.7. The van der Waals surface area contributed by atoms with Crippen molar-refractivity contribution in [3.63, 3.8) is 0 Å². The van der Waals surface area contributed by atoms with Crippen LogP contribution in [-0.2, 0) is 52.5 Å². The molecule has 0 radical (unpaired) electrons. The lowest BCUT2D eigenvalue weighted by Gasteiger charge is -2.32. The van der Waals surface area contributed by atoms with Gasteiger partial charge in [0, 0.05) is 66.6 Å². The van der Waals surface area contributed by atoms with Crippen molar-refractivity contribution >= 4 is 40.9 Å². The molecule has 10 heterocycles. The minimum Gasteiger partial charge on any atom is -0.393 e. The van der Waals surface area contributed by atoms with Gasteiger partial charge in [-0.1, -0.05) is 62.3 Å². The number of ether oxygens (including phenoxy) is 5. The number of aliphatic hydroxyl groups excluding tert-OH is 3. The van der Waals surface area contributed by atoms with Crippen molar-refractivity contribution in [2.75, 3.05) is 45.6 Å². The zero-order valence-corrected chi connectivity index (χ0v) is 54.0. The number of nitrogen functional groups attached to an aromatic ring is 1. The summed E-state index contributed by atoms with van der Waals surface area (Å²) in [5.41, 5.74) is -2.73. The zero-order valence-electron chi connectivity index (χ0n) is 54.0. The van der Waals surface area contributed by atoms with Crippen LogP contribution in [0.25, 0.3) is 0 Å². The minimum atomic E-state index is -1.64. The molecule has 3 amide bonds. The molecule has 5 fully saturated rings. The molecule has 530 valence electrons. The Morgan fingerprint density at radius 1 is 0.474 bits per heavy atom. The number of nitrogens with one attached hydrogen (secondary N) is 1. The highest BCUT2D eigenvalue weighted by molar-refractivity contribution is 6.07. The second-order valence-corrected chi connectivity index (χ2v) is 24.7. The van der Waals surface area contributed by atoms with E-state index < -0.39 is 188 Å². The number of allylic oxidation sites excluding steroid dienone is 3. The molecule has 10 rings (SSSR count).